The lowest BCUT2D eigenvalue weighted by Gasteiger charge is -2.36. The van der Waals surface area contributed by atoms with Gasteiger partial charge in [-0.15, -0.1) is 0 Å². The number of morpholine rings is 1. The van der Waals surface area contributed by atoms with E-state index in [-0.39, 0.29) is 24.7 Å². The Morgan fingerprint density at radius 3 is 2.71 bits per heavy atom. The summed E-state index contributed by atoms with van der Waals surface area (Å²) in [5.41, 5.74) is 4.65. The molecule has 0 spiro atoms. The van der Waals surface area contributed by atoms with Gasteiger partial charge in [-0.25, -0.2) is 9.97 Å². The SMILES string of the molecule is CC1CN(c2cccc(-c3ccc4cnc(CNC(=O)c5ccc6c(c5)S(=O)CC6)cc4n3)n2)C[C@H](C)O1. The summed E-state index contributed by atoms with van der Waals surface area (Å²) in [5.74, 6) is 1.33. The zero-order chi connectivity index (χ0) is 26.2. The molecule has 1 amide bonds. The van der Waals surface area contributed by atoms with E-state index in [1.165, 1.54) is 0 Å². The van der Waals surface area contributed by atoms with Crippen molar-refractivity contribution in [2.24, 2.45) is 0 Å². The number of hydrogen-bond donors (Lipinski definition) is 1. The predicted molar refractivity (Wildman–Crippen MR) is 148 cm³/mol. The molecule has 0 bridgehead atoms. The standard InChI is InChI=1S/C29H29N5O3S/c1-18-16-34(17-19(2)37-18)28-5-3-4-24(33-28)25-9-8-22-14-30-23(13-26(22)32-25)15-31-29(35)21-7-6-20-10-11-38(36)27(20)12-21/h3-9,12-14,18-19H,10-11,15-17H2,1-2H3,(H,31,35)/t18-,19?,38?/m0/s1. The van der Waals surface area contributed by atoms with Crippen molar-refractivity contribution >= 4 is 33.4 Å². The molecule has 8 nitrogen and oxygen atoms in total. The predicted octanol–water partition coefficient (Wildman–Crippen LogP) is 3.90. The smallest absolute Gasteiger partial charge is 0.251 e. The molecule has 4 aromatic rings. The van der Waals surface area contributed by atoms with E-state index in [1.54, 1.807) is 18.3 Å². The van der Waals surface area contributed by atoms with Gasteiger partial charge in [-0.1, -0.05) is 12.1 Å². The topological polar surface area (TPSA) is 97.3 Å². The van der Waals surface area contributed by atoms with E-state index in [0.717, 1.165) is 58.1 Å². The molecule has 2 aliphatic rings. The van der Waals surface area contributed by atoms with Crippen LogP contribution in [0.15, 0.2) is 65.7 Å². The number of rotatable bonds is 5. The van der Waals surface area contributed by atoms with Crippen LogP contribution in [0.4, 0.5) is 5.82 Å². The van der Waals surface area contributed by atoms with Crippen LogP contribution < -0.4 is 10.2 Å². The van der Waals surface area contributed by atoms with Crippen LogP contribution in [-0.4, -0.2) is 56.1 Å². The molecule has 5 heterocycles. The molecule has 1 fully saturated rings. The summed E-state index contributed by atoms with van der Waals surface area (Å²) in [6.45, 7) is 6.03. The Kier molecular flexibility index (Phi) is 6.63. The number of benzene rings is 1. The number of hydrogen-bond acceptors (Lipinski definition) is 7. The highest BCUT2D eigenvalue weighted by molar-refractivity contribution is 7.85. The highest BCUT2D eigenvalue weighted by Gasteiger charge is 2.23. The van der Waals surface area contributed by atoms with Crippen molar-refractivity contribution in [1.82, 2.24) is 20.3 Å². The van der Waals surface area contributed by atoms with E-state index in [1.807, 2.05) is 42.5 Å². The van der Waals surface area contributed by atoms with E-state index in [9.17, 15) is 9.00 Å². The van der Waals surface area contributed by atoms with E-state index in [4.69, 9.17) is 14.7 Å². The van der Waals surface area contributed by atoms with Crippen molar-refractivity contribution in [2.45, 2.75) is 43.9 Å². The third-order valence-corrected chi connectivity index (χ3v) is 8.38. The van der Waals surface area contributed by atoms with Gasteiger partial charge in [0.15, 0.2) is 0 Å². The molecule has 38 heavy (non-hydrogen) atoms. The van der Waals surface area contributed by atoms with Crippen molar-refractivity contribution in [3.8, 4) is 11.4 Å². The molecular formula is C29H29N5O3S. The molecule has 1 N–H and O–H groups in total. The van der Waals surface area contributed by atoms with Gasteiger partial charge in [0.05, 0.1) is 52.2 Å². The minimum absolute atomic E-state index is 0.154. The Morgan fingerprint density at radius 1 is 1.05 bits per heavy atom. The maximum atomic E-state index is 12.8. The Bertz CT molecular complexity index is 1550. The monoisotopic (exact) mass is 527 g/mol. The minimum Gasteiger partial charge on any atom is -0.372 e. The number of nitrogens with one attached hydrogen (secondary N) is 1. The highest BCUT2D eigenvalue weighted by atomic mass is 32.2. The summed E-state index contributed by atoms with van der Waals surface area (Å²) in [6, 6.07) is 17.3. The second-order valence-electron chi connectivity index (χ2n) is 9.91. The fraction of sp³-hybridized carbons (Fsp3) is 0.310. The van der Waals surface area contributed by atoms with Crippen molar-refractivity contribution in [3.05, 3.63) is 77.6 Å². The lowest BCUT2D eigenvalue weighted by Crippen LogP contribution is -2.45. The van der Waals surface area contributed by atoms with Gasteiger partial charge in [-0.3, -0.25) is 14.0 Å². The third kappa shape index (κ3) is 5.04. The number of aryl methyl sites for hydroxylation is 1. The van der Waals surface area contributed by atoms with Gasteiger partial charge in [0.2, 0.25) is 0 Å². The third-order valence-electron chi connectivity index (χ3n) is 6.93. The van der Waals surface area contributed by atoms with Gasteiger partial charge < -0.3 is 15.0 Å². The lowest BCUT2D eigenvalue weighted by atomic mass is 10.1. The second-order valence-corrected chi connectivity index (χ2v) is 11.5. The molecule has 0 radical (unpaired) electrons. The first-order chi connectivity index (χ1) is 18.4. The molecule has 3 aromatic heterocycles. The summed E-state index contributed by atoms with van der Waals surface area (Å²) in [4.78, 5) is 30.0. The Labute approximate surface area is 223 Å². The summed E-state index contributed by atoms with van der Waals surface area (Å²) < 4.78 is 18.0. The summed E-state index contributed by atoms with van der Waals surface area (Å²) in [7, 11) is -1.02. The number of nitrogens with zero attached hydrogens (tertiary/aromatic N) is 4. The molecule has 6 rings (SSSR count). The van der Waals surface area contributed by atoms with E-state index in [0.29, 0.717) is 17.0 Å². The van der Waals surface area contributed by atoms with E-state index in [2.05, 4.69) is 29.0 Å². The van der Waals surface area contributed by atoms with Crippen LogP contribution in [-0.2, 0) is 28.5 Å². The highest BCUT2D eigenvalue weighted by Crippen LogP contribution is 2.25. The Hall–Kier alpha value is -3.69. The van der Waals surface area contributed by atoms with Gasteiger partial charge in [-0.2, -0.15) is 0 Å². The maximum Gasteiger partial charge on any atom is 0.251 e. The van der Waals surface area contributed by atoms with Gasteiger partial charge in [0.1, 0.15) is 5.82 Å². The largest absolute Gasteiger partial charge is 0.372 e. The van der Waals surface area contributed by atoms with Crippen LogP contribution in [0.1, 0.15) is 35.5 Å². The summed E-state index contributed by atoms with van der Waals surface area (Å²) in [6.07, 6.45) is 2.87. The molecule has 0 saturated carbocycles. The van der Waals surface area contributed by atoms with Crippen LogP contribution in [0.5, 0.6) is 0 Å². The number of carbonyl (C=O) groups is 1. The normalized spacial score (nSPS) is 20.9. The number of pyridine rings is 3. The molecule has 2 unspecified atom stereocenters. The van der Waals surface area contributed by atoms with Crippen LogP contribution in [0.2, 0.25) is 0 Å². The molecule has 0 aliphatic carbocycles. The average molecular weight is 528 g/mol. The number of fused-ring (bicyclic) bond motifs is 2. The minimum atomic E-state index is -1.02. The maximum absolute atomic E-state index is 12.8. The first-order valence-electron chi connectivity index (χ1n) is 12.9. The van der Waals surface area contributed by atoms with Gasteiger partial charge in [-0.05, 0) is 68.3 Å². The van der Waals surface area contributed by atoms with Crippen LogP contribution in [0.3, 0.4) is 0 Å². The fourth-order valence-electron chi connectivity index (χ4n) is 5.10. The number of amides is 1. The van der Waals surface area contributed by atoms with E-state index < -0.39 is 10.8 Å². The fourth-order valence-corrected chi connectivity index (χ4v) is 6.45. The first kappa shape index (κ1) is 24.6. The lowest BCUT2D eigenvalue weighted by molar-refractivity contribution is -0.00545. The first-order valence-corrected chi connectivity index (χ1v) is 14.2. The average Bonchev–Trinajstić information content (AvgIpc) is 3.30. The molecule has 9 heteroatoms. The number of ether oxygens (including phenoxy) is 1. The Balaban J connectivity index is 1.19. The van der Waals surface area contributed by atoms with Crippen LogP contribution in [0, 0.1) is 0 Å². The quantitative estimate of drug-likeness (QED) is 0.420. The molecule has 194 valence electrons. The summed E-state index contributed by atoms with van der Waals surface area (Å²) >= 11 is 0. The molecule has 1 saturated heterocycles. The van der Waals surface area contributed by atoms with Crippen molar-refractivity contribution in [2.75, 3.05) is 23.7 Å². The number of carbonyl (C=O) groups excluding carboxylic acids is 1. The zero-order valence-electron chi connectivity index (χ0n) is 21.4. The molecule has 2 aliphatic heterocycles. The van der Waals surface area contributed by atoms with E-state index >= 15 is 0 Å². The number of aromatic nitrogens is 3. The van der Waals surface area contributed by atoms with Crippen molar-refractivity contribution in [1.29, 1.82) is 0 Å². The van der Waals surface area contributed by atoms with Gasteiger partial charge in [0.25, 0.3) is 5.91 Å². The molecule has 3 atom stereocenters. The van der Waals surface area contributed by atoms with Crippen LogP contribution in [0.25, 0.3) is 22.3 Å². The molecular weight excluding hydrogens is 498 g/mol. The van der Waals surface area contributed by atoms with Crippen molar-refractivity contribution < 1.29 is 13.7 Å². The Morgan fingerprint density at radius 2 is 1.87 bits per heavy atom. The summed E-state index contributed by atoms with van der Waals surface area (Å²) in [5, 5.41) is 3.84. The molecule has 1 aromatic carbocycles. The zero-order valence-corrected chi connectivity index (χ0v) is 22.2. The number of anilines is 1. The van der Waals surface area contributed by atoms with Gasteiger partial charge >= 0.3 is 0 Å². The van der Waals surface area contributed by atoms with Crippen molar-refractivity contribution in [3.63, 3.8) is 0 Å². The second kappa shape index (κ2) is 10.2. The van der Waals surface area contributed by atoms with Gasteiger partial charge in [0, 0.05) is 40.9 Å². The van der Waals surface area contributed by atoms with Crippen LogP contribution >= 0.6 is 0 Å².